The SMILES string of the molecule is CCC(C(=O)Nc1nnc(CC(C)C)s1)n1c(C)cc(C)nc1=O. The molecule has 0 aliphatic carbocycles. The molecule has 2 aromatic heterocycles. The highest BCUT2D eigenvalue weighted by atomic mass is 32.1. The maximum atomic E-state index is 12.6. The predicted octanol–water partition coefficient (Wildman–Crippen LogP) is 2.50. The van der Waals surface area contributed by atoms with Gasteiger partial charge in [0.2, 0.25) is 11.0 Å². The average Bonchev–Trinajstić information content (AvgIpc) is 2.88. The van der Waals surface area contributed by atoms with Crippen molar-refractivity contribution in [2.45, 2.75) is 53.5 Å². The summed E-state index contributed by atoms with van der Waals surface area (Å²) in [7, 11) is 0. The van der Waals surface area contributed by atoms with Gasteiger partial charge in [0.25, 0.3) is 0 Å². The normalized spacial score (nSPS) is 12.4. The zero-order chi connectivity index (χ0) is 17.9. The Morgan fingerprint density at radius 3 is 2.62 bits per heavy atom. The van der Waals surface area contributed by atoms with Crippen LogP contribution in [0.1, 0.15) is 49.6 Å². The van der Waals surface area contributed by atoms with Crippen molar-refractivity contribution < 1.29 is 4.79 Å². The molecule has 2 rings (SSSR count). The highest BCUT2D eigenvalue weighted by molar-refractivity contribution is 7.15. The van der Waals surface area contributed by atoms with Gasteiger partial charge in [0, 0.05) is 17.8 Å². The van der Waals surface area contributed by atoms with Gasteiger partial charge in [-0.2, -0.15) is 4.98 Å². The summed E-state index contributed by atoms with van der Waals surface area (Å²) >= 11 is 1.37. The molecule has 8 heteroatoms. The molecule has 0 saturated carbocycles. The minimum Gasteiger partial charge on any atom is -0.299 e. The first kappa shape index (κ1) is 18.3. The lowest BCUT2D eigenvalue weighted by atomic mass is 10.1. The molecule has 0 aliphatic heterocycles. The molecule has 1 unspecified atom stereocenters. The van der Waals surface area contributed by atoms with E-state index in [9.17, 15) is 9.59 Å². The number of rotatable bonds is 6. The summed E-state index contributed by atoms with van der Waals surface area (Å²) in [6.45, 7) is 9.63. The van der Waals surface area contributed by atoms with E-state index in [1.165, 1.54) is 15.9 Å². The Balaban J connectivity index is 2.21. The van der Waals surface area contributed by atoms with E-state index < -0.39 is 11.7 Å². The van der Waals surface area contributed by atoms with Crippen LogP contribution in [-0.4, -0.2) is 25.7 Å². The van der Waals surface area contributed by atoms with Crippen LogP contribution >= 0.6 is 11.3 Å². The van der Waals surface area contributed by atoms with Gasteiger partial charge in [0.1, 0.15) is 11.0 Å². The third-order valence-corrected chi connectivity index (χ3v) is 4.42. The van der Waals surface area contributed by atoms with Gasteiger partial charge >= 0.3 is 5.69 Å². The van der Waals surface area contributed by atoms with Crippen LogP contribution in [-0.2, 0) is 11.2 Å². The maximum absolute atomic E-state index is 12.6. The molecular weight excluding hydrogens is 326 g/mol. The first-order chi connectivity index (χ1) is 11.3. The van der Waals surface area contributed by atoms with Crippen molar-refractivity contribution in [3.63, 3.8) is 0 Å². The Hall–Kier alpha value is -2.09. The largest absolute Gasteiger partial charge is 0.348 e. The van der Waals surface area contributed by atoms with Gasteiger partial charge in [0.05, 0.1) is 0 Å². The van der Waals surface area contributed by atoms with E-state index in [0.717, 1.165) is 11.4 Å². The van der Waals surface area contributed by atoms with Crippen molar-refractivity contribution >= 4 is 22.4 Å². The molecule has 0 fully saturated rings. The van der Waals surface area contributed by atoms with Crippen molar-refractivity contribution in [3.8, 4) is 0 Å². The maximum Gasteiger partial charge on any atom is 0.348 e. The zero-order valence-corrected chi connectivity index (χ0v) is 15.5. The van der Waals surface area contributed by atoms with Crippen LogP contribution in [0.4, 0.5) is 5.13 Å². The summed E-state index contributed by atoms with van der Waals surface area (Å²) in [6, 6.07) is 1.17. The number of hydrogen-bond acceptors (Lipinski definition) is 6. The topological polar surface area (TPSA) is 89.8 Å². The Morgan fingerprint density at radius 1 is 1.33 bits per heavy atom. The van der Waals surface area contributed by atoms with E-state index in [2.05, 4.69) is 34.3 Å². The van der Waals surface area contributed by atoms with E-state index in [4.69, 9.17) is 0 Å². The van der Waals surface area contributed by atoms with Crippen molar-refractivity contribution in [2.24, 2.45) is 5.92 Å². The molecule has 1 amide bonds. The molecule has 0 aliphatic rings. The van der Waals surface area contributed by atoms with Gasteiger partial charge < -0.3 is 0 Å². The first-order valence-corrected chi connectivity index (χ1v) is 8.83. The molecule has 24 heavy (non-hydrogen) atoms. The smallest absolute Gasteiger partial charge is 0.299 e. The van der Waals surface area contributed by atoms with Crippen LogP contribution in [0.3, 0.4) is 0 Å². The average molecular weight is 349 g/mol. The standard InChI is InChI=1S/C16H23N5O2S/c1-6-12(21-11(5)8-10(4)17-16(21)23)14(22)18-15-20-19-13(24-15)7-9(2)3/h8-9,12H,6-7H2,1-5H3,(H,18,20,22). The molecule has 0 saturated heterocycles. The van der Waals surface area contributed by atoms with Crippen molar-refractivity contribution in [3.05, 3.63) is 32.9 Å². The molecule has 2 heterocycles. The van der Waals surface area contributed by atoms with E-state index in [1.807, 2.05) is 6.92 Å². The molecule has 130 valence electrons. The Morgan fingerprint density at radius 2 is 2.04 bits per heavy atom. The number of carbonyl (C=O) groups is 1. The van der Waals surface area contributed by atoms with Gasteiger partial charge in [-0.05, 0) is 32.3 Å². The second-order valence-electron chi connectivity index (χ2n) is 6.20. The van der Waals surface area contributed by atoms with E-state index in [1.54, 1.807) is 19.9 Å². The lowest BCUT2D eigenvalue weighted by Crippen LogP contribution is -2.36. The molecule has 0 radical (unpaired) electrons. The van der Waals surface area contributed by atoms with Gasteiger partial charge in [-0.15, -0.1) is 10.2 Å². The lowest BCUT2D eigenvalue weighted by Gasteiger charge is -2.19. The van der Waals surface area contributed by atoms with E-state index >= 15 is 0 Å². The molecule has 0 bridgehead atoms. The summed E-state index contributed by atoms with van der Waals surface area (Å²) in [5.41, 5.74) is 0.950. The molecular formula is C16H23N5O2S. The van der Waals surface area contributed by atoms with Gasteiger partial charge in [-0.25, -0.2) is 4.79 Å². The summed E-state index contributed by atoms with van der Waals surface area (Å²) in [5, 5.41) is 12.2. The number of carbonyl (C=O) groups excluding carboxylic acids is 1. The van der Waals surface area contributed by atoms with Crippen molar-refractivity contribution in [1.29, 1.82) is 0 Å². The minimum absolute atomic E-state index is 0.277. The fourth-order valence-electron chi connectivity index (χ4n) is 2.55. The van der Waals surface area contributed by atoms with Crippen molar-refractivity contribution in [2.75, 3.05) is 5.32 Å². The van der Waals surface area contributed by atoms with Crippen LogP contribution < -0.4 is 11.0 Å². The third kappa shape index (κ3) is 4.25. The highest BCUT2D eigenvalue weighted by Gasteiger charge is 2.23. The van der Waals surface area contributed by atoms with Crippen LogP contribution in [0.15, 0.2) is 10.9 Å². The highest BCUT2D eigenvalue weighted by Crippen LogP contribution is 2.21. The number of nitrogens with zero attached hydrogens (tertiary/aromatic N) is 4. The van der Waals surface area contributed by atoms with Crippen LogP contribution in [0.2, 0.25) is 0 Å². The predicted molar refractivity (Wildman–Crippen MR) is 94.4 cm³/mol. The number of anilines is 1. The van der Waals surface area contributed by atoms with Crippen molar-refractivity contribution in [1.82, 2.24) is 19.7 Å². The van der Waals surface area contributed by atoms with Crippen LogP contribution in [0.5, 0.6) is 0 Å². The summed E-state index contributed by atoms with van der Waals surface area (Å²) in [4.78, 5) is 28.7. The monoisotopic (exact) mass is 349 g/mol. The molecule has 7 nitrogen and oxygen atoms in total. The van der Waals surface area contributed by atoms with E-state index in [0.29, 0.717) is 28.9 Å². The second kappa shape index (κ2) is 7.65. The fourth-order valence-corrected chi connectivity index (χ4v) is 3.50. The quantitative estimate of drug-likeness (QED) is 0.865. The Labute approximate surface area is 145 Å². The number of hydrogen-bond donors (Lipinski definition) is 1. The number of aryl methyl sites for hydroxylation is 2. The molecule has 1 N–H and O–H groups in total. The zero-order valence-electron chi connectivity index (χ0n) is 14.7. The number of aromatic nitrogens is 4. The number of nitrogens with one attached hydrogen (secondary N) is 1. The lowest BCUT2D eigenvalue weighted by molar-refractivity contribution is -0.119. The summed E-state index contributed by atoms with van der Waals surface area (Å²) < 4.78 is 1.43. The van der Waals surface area contributed by atoms with Crippen LogP contribution in [0, 0.1) is 19.8 Å². The fraction of sp³-hybridized carbons (Fsp3) is 0.562. The molecule has 0 aromatic carbocycles. The summed E-state index contributed by atoms with van der Waals surface area (Å²) in [6.07, 6.45) is 1.31. The van der Waals surface area contributed by atoms with Crippen LogP contribution in [0.25, 0.3) is 0 Å². The molecule has 1 atom stereocenters. The molecule has 2 aromatic rings. The first-order valence-electron chi connectivity index (χ1n) is 8.01. The number of amides is 1. The molecule has 0 spiro atoms. The van der Waals surface area contributed by atoms with Gasteiger partial charge in [-0.3, -0.25) is 14.7 Å². The summed E-state index contributed by atoms with van der Waals surface area (Å²) in [5.74, 6) is 0.199. The second-order valence-corrected chi connectivity index (χ2v) is 7.27. The van der Waals surface area contributed by atoms with Gasteiger partial charge in [0.15, 0.2) is 0 Å². The van der Waals surface area contributed by atoms with E-state index in [-0.39, 0.29) is 5.91 Å². The Bertz CT molecular complexity index is 781. The van der Waals surface area contributed by atoms with Gasteiger partial charge in [-0.1, -0.05) is 32.1 Å². The Kier molecular flexibility index (Phi) is 5.82. The third-order valence-electron chi connectivity index (χ3n) is 3.56. The minimum atomic E-state index is -0.622.